The minimum atomic E-state index is -0.645. The van der Waals surface area contributed by atoms with Gasteiger partial charge in [0.1, 0.15) is 5.82 Å². The zero-order valence-electron chi connectivity index (χ0n) is 12.9. The maximum Gasteiger partial charge on any atom is 0.411 e. The van der Waals surface area contributed by atoms with Gasteiger partial charge in [-0.25, -0.2) is 9.18 Å². The molecular formula is C18H15FN2O3. The molecule has 0 spiro atoms. The zero-order valence-corrected chi connectivity index (χ0v) is 12.9. The topological polar surface area (TPSA) is 71.2 Å². The van der Waals surface area contributed by atoms with Gasteiger partial charge in [0.15, 0.2) is 5.43 Å². The van der Waals surface area contributed by atoms with E-state index in [-0.39, 0.29) is 12.0 Å². The number of rotatable bonds is 3. The van der Waals surface area contributed by atoms with Gasteiger partial charge in [-0.1, -0.05) is 12.1 Å². The molecule has 24 heavy (non-hydrogen) atoms. The van der Waals surface area contributed by atoms with Crippen LogP contribution in [0.25, 0.3) is 22.2 Å². The van der Waals surface area contributed by atoms with Gasteiger partial charge in [0.2, 0.25) is 0 Å². The molecule has 5 nitrogen and oxygen atoms in total. The van der Waals surface area contributed by atoms with Crippen LogP contribution in [-0.2, 0) is 4.74 Å². The number of carbonyl (C=O) groups is 1. The van der Waals surface area contributed by atoms with Crippen LogP contribution in [0.15, 0.2) is 53.3 Å². The Balaban J connectivity index is 2.13. The molecule has 0 radical (unpaired) electrons. The summed E-state index contributed by atoms with van der Waals surface area (Å²) in [6.07, 6.45) is -0.645. The first-order valence-electron chi connectivity index (χ1n) is 7.44. The first kappa shape index (κ1) is 15.7. The predicted molar refractivity (Wildman–Crippen MR) is 90.6 cm³/mol. The highest BCUT2D eigenvalue weighted by Gasteiger charge is 2.12. The normalized spacial score (nSPS) is 10.6. The molecule has 0 bridgehead atoms. The molecule has 2 N–H and O–H groups in total. The van der Waals surface area contributed by atoms with E-state index in [2.05, 4.69) is 10.3 Å². The maximum atomic E-state index is 13.7. The second-order valence-electron chi connectivity index (χ2n) is 5.13. The summed E-state index contributed by atoms with van der Waals surface area (Å²) < 4.78 is 18.5. The largest absolute Gasteiger partial charge is 0.450 e. The van der Waals surface area contributed by atoms with E-state index in [1.807, 2.05) is 0 Å². The summed E-state index contributed by atoms with van der Waals surface area (Å²) >= 11 is 0. The number of nitrogens with one attached hydrogen (secondary N) is 2. The van der Waals surface area contributed by atoms with Gasteiger partial charge in [0, 0.05) is 22.5 Å². The third-order valence-corrected chi connectivity index (χ3v) is 3.52. The smallest absolute Gasteiger partial charge is 0.411 e. The Bertz CT molecular complexity index is 966. The van der Waals surface area contributed by atoms with Crippen LogP contribution < -0.4 is 10.7 Å². The number of hydrogen-bond donors (Lipinski definition) is 2. The molecule has 1 heterocycles. The molecule has 3 aromatic rings. The molecule has 1 amide bonds. The first-order valence-corrected chi connectivity index (χ1v) is 7.44. The molecule has 1 aromatic heterocycles. The van der Waals surface area contributed by atoms with Crippen molar-refractivity contribution in [3.63, 3.8) is 0 Å². The van der Waals surface area contributed by atoms with Crippen LogP contribution in [0.1, 0.15) is 6.92 Å². The number of para-hydroxylation sites is 1. The van der Waals surface area contributed by atoms with Crippen LogP contribution in [0.2, 0.25) is 0 Å². The number of pyridine rings is 1. The molecule has 0 fully saturated rings. The lowest BCUT2D eigenvalue weighted by Crippen LogP contribution is -2.14. The van der Waals surface area contributed by atoms with E-state index < -0.39 is 11.9 Å². The van der Waals surface area contributed by atoms with Crippen LogP contribution in [0, 0.1) is 5.82 Å². The Morgan fingerprint density at radius 2 is 2.00 bits per heavy atom. The molecular weight excluding hydrogens is 311 g/mol. The van der Waals surface area contributed by atoms with E-state index in [0.29, 0.717) is 27.8 Å². The number of anilines is 1. The third kappa shape index (κ3) is 3.12. The minimum Gasteiger partial charge on any atom is -0.450 e. The maximum absolute atomic E-state index is 13.7. The van der Waals surface area contributed by atoms with Gasteiger partial charge in [-0.05, 0) is 37.3 Å². The summed E-state index contributed by atoms with van der Waals surface area (Å²) in [4.78, 5) is 27.0. The molecule has 0 atom stereocenters. The Morgan fingerprint density at radius 3 is 2.79 bits per heavy atom. The van der Waals surface area contributed by atoms with Crippen molar-refractivity contribution in [2.24, 2.45) is 0 Å². The van der Waals surface area contributed by atoms with Crippen molar-refractivity contribution in [3.8, 4) is 11.3 Å². The highest BCUT2D eigenvalue weighted by molar-refractivity contribution is 5.92. The fraction of sp³-hybridized carbons (Fsp3) is 0.111. The molecule has 0 saturated carbocycles. The van der Waals surface area contributed by atoms with Crippen LogP contribution >= 0.6 is 0 Å². The molecule has 0 aliphatic carbocycles. The van der Waals surface area contributed by atoms with Gasteiger partial charge in [0.25, 0.3) is 0 Å². The van der Waals surface area contributed by atoms with Crippen molar-refractivity contribution < 1.29 is 13.9 Å². The average Bonchev–Trinajstić information content (AvgIpc) is 2.56. The lowest BCUT2D eigenvalue weighted by atomic mass is 10.1. The van der Waals surface area contributed by atoms with Gasteiger partial charge < -0.3 is 9.72 Å². The van der Waals surface area contributed by atoms with E-state index >= 15 is 0 Å². The van der Waals surface area contributed by atoms with Gasteiger partial charge >= 0.3 is 6.09 Å². The van der Waals surface area contributed by atoms with E-state index in [0.717, 1.165) is 0 Å². The summed E-state index contributed by atoms with van der Waals surface area (Å²) in [5, 5.41) is 3.09. The lowest BCUT2D eigenvalue weighted by molar-refractivity contribution is 0.168. The minimum absolute atomic E-state index is 0.189. The van der Waals surface area contributed by atoms with Crippen molar-refractivity contribution in [3.05, 3.63) is 64.6 Å². The van der Waals surface area contributed by atoms with Gasteiger partial charge in [-0.15, -0.1) is 0 Å². The van der Waals surface area contributed by atoms with E-state index in [9.17, 15) is 14.0 Å². The number of H-pyrrole nitrogens is 1. The van der Waals surface area contributed by atoms with E-state index in [1.54, 1.807) is 31.2 Å². The summed E-state index contributed by atoms with van der Waals surface area (Å²) in [6, 6.07) is 12.3. The van der Waals surface area contributed by atoms with Gasteiger partial charge in [0.05, 0.1) is 18.0 Å². The Morgan fingerprint density at radius 1 is 1.21 bits per heavy atom. The van der Waals surface area contributed by atoms with Crippen molar-refractivity contribution in [1.29, 1.82) is 0 Å². The molecule has 2 aromatic carbocycles. The van der Waals surface area contributed by atoms with Gasteiger partial charge in [-0.2, -0.15) is 0 Å². The van der Waals surface area contributed by atoms with Gasteiger partial charge in [-0.3, -0.25) is 10.1 Å². The third-order valence-electron chi connectivity index (χ3n) is 3.52. The molecule has 6 heteroatoms. The zero-order chi connectivity index (χ0) is 17.1. The van der Waals surface area contributed by atoms with Crippen LogP contribution in [0.5, 0.6) is 0 Å². The lowest BCUT2D eigenvalue weighted by Gasteiger charge is -2.12. The molecule has 122 valence electrons. The molecule has 3 rings (SSSR count). The molecule has 0 saturated heterocycles. The fourth-order valence-corrected chi connectivity index (χ4v) is 2.47. The fourth-order valence-electron chi connectivity index (χ4n) is 2.47. The second-order valence-corrected chi connectivity index (χ2v) is 5.13. The van der Waals surface area contributed by atoms with E-state index in [4.69, 9.17) is 4.74 Å². The van der Waals surface area contributed by atoms with Crippen molar-refractivity contribution >= 4 is 22.7 Å². The number of amides is 1. The second kappa shape index (κ2) is 6.54. The van der Waals surface area contributed by atoms with Crippen LogP contribution in [0.3, 0.4) is 0 Å². The Hall–Kier alpha value is -3.15. The molecule has 0 aliphatic rings. The molecule has 0 aliphatic heterocycles. The standard InChI is InChI=1S/C18H15FN2O3/c1-2-24-18(23)21-15-8-7-11(19)9-13(15)16-10-17(22)12-5-3-4-6-14(12)20-16/h3-10H,2H2,1H3,(H,20,22)(H,21,23). The highest BCUT2D eigenvalue weighted by atomic mass is 19.1. The van der Waals surface area contributed by atoms with Crippen molar-refractivity contribution in [2.45, 2.75) is 6.92 Å². The van der Waals surface area contributed by atoms with Crippen molar-refractivity contribution in [1.82, 2.24) is 4.98 Å². The molecule has 0 unspecified atom stereocenters. The summed E-state index contributed by atoms with van der Waals surface area (Å²) in [6.45, 7) is 1.90. The SMILES string of the molecule is CCOC(=O)Nc1ccc(F)cc1-c1cc(=O)c2ccccc2[nH]1. The summed E-state index contributed by atoms with van der Waals surface area (Å²) in [5.41, 5.74) is 1.56. The first-order chi connectivity index (χ1) is 11.6. The number of aromatic amines is 1. The monoisotopic (exact) mass is 326 g/mol. The number of ether oxygens (including phenoxy) is 1. The van der Waals surface area contributed by atoms with Crippen LogP contribution in [-0.4, -0.2) is 17.7 Å². The van der Waals surface area contributed by atoms with E-state index in [1.165, 1.54) is 24.3 Å². The quantitative estimate of drug-likeness (QED) is 0.767. The number of benzene rings is 2. The van der Waals surface area contributed by atoms with Crippen LogP contribution in [0.4, 0.5) is 14.9 Å². The highest BCUT2D eigenvalue weighted by Crippen LogP contribution is 2.28. The predicted octanol–water partition coefficient (Wildman–Crippen LogP) is 3.90. The Labute approximate surface area is 137 Å². The number of aromatic nitrogens is 1. The number of fused-ring (bicyclic) bond motifs is 1. The Kier molecular flexibility index (Phi) is 4.29. The number of halogens is 1. The van der Waals surface area contributed by atoms with Crippen molar-refractivity contribution in [2.75, 3.05) is 11.9 Å². The number of carbonyl (C=O) groups excluding carboxylic acids is 1. The summed E-state index contributed by atoms with van der Waals surface area (Å²) in [7, 11) is 0. The summed E-state index contributed by atoms with van der Waals surface area (Å²) in [5.74, 6) is -0.478. The number of hydrogen-bond acceptors (Lipinski definition) is 3. The average molecular weight is 326 g/mol.